The van der Waals surface area contributed by atoms with Gasteiger partial charge in [0.15, 0.2) is 6.10 Å². The number of benzene rings is 2. The molecule has 0 aromatic heterocycles. The summed E-state index contributed by atoms with van der Waals surface area (Å²) < 4.78 is 79.3. The smallest absolute Gasteiger partial charge is 0.406 e. The summed E-state index contributed by atoms with van der Waals surface area (Å²) in [6.45, 7) is -1.39. The maximum Gasteiger partial charge on any atom is 0.573 e. The lowest BCUT2D eigenvalue weighted by molar-refractivity contribution is -0.384. The molecule has 0 aliphatic rings. The Hall–Kier alpha value is -2.86. The van der Waals surface area contributed by atoms with Crippen molar-refractivity contribution in [1.29, 1.82) is 0 Å². The molecule has 0 spiro atoms. The van der Waals surface area contributed by atoms with Crippen LogP contribution in [-0.2, 0) is 13.1 Å². The van der Waals surface area contributed by atoms with Crippen LogP contribution >= 0.6 is 0 Å². The predicted molar refractivity (Wildman–Crippen MR) is 92.4 cm³/mol. The van der Waals surface area contributed by atoms with Gasteiger partial charge in [-0.25, -0.2) is 0 Å². The number of aliphatic hydroxyl groups is 1. The van der Waals surface area contributed by atoms with Crippen LogP contribution in [-0.4, -0.2) is 40.1 Å². The number of hydrogen-bond donors (Lipinski definition) is 1. The fourth-order valence-electron chi connectivity index (χ4n) is 2.66. The highest BCUT2D eigenvalue weighted by molar-refractivity contribution is 5.34. The van der Waals surface area contributed by atoms with Crippen LogP contribution in [0.25, 0.3) is 0 Å². The van der Waals surface area contributed by atoms with Crippen LogP contribution in [0.15, 0.2) is 48.5 Å². The number of nitrogens with zero attached hydrogens (tertiary/aromatic N) is 2. The van der Waals surface area contributed by atoms with Gasteiger partial charge in [-0.2, -0.15) is 13.2 Å². The molecule has 2 aromatic rings. The van der Waals surface area contributed by atoms with Gasteiger partial charge in [0.1, 0.15) is 5.75 Å². The Kier molecular flexibility index (Phi) is 7.26. The van der Waals surface area contributed by atoms with Gasteiger partial charge < -0.3 is 9.84 Å². The second-order valence-corrected chi connectivity index (χ2v) is 6.35. The molecule has 0 radical (unpaired) electrons. The van der Waals surface area contributed by atoms with E-state index in [9.17, 15) is 41.6 Å². The molecule has 0 bridgehead atoms. The lowest BCUT2D eigenvalue weighted by atomic mass is 10.1. The molecule has 0 amide bonds. The molecule has 1 atom stereocenters. The molecule has 0 aliphatic heterocycles. The number of aliphatic hydroxyl groups excluding tert-OH is 1. The average Bonchev–Trinajstić information content (AvgIpc) is 2.59. The minimum absolute atomic E-state index is 0.191. The summed E-state index contributed by atoms with van der Waals surface area (Å²) in [5.41, 5.74) is 0.210. The van der Waals surface area contributed by atoms with Crippen molar-refractivity contribution in [3.63, 3.8) is 0 Å². The molecule has 1 unspecified atom stereocenters. The number of hydrogen-bond acceptors (Lipinski definition) is 5. The molecule has 2 rings (SSSR count). The Labute approximate surface area is 166 Å². The molecule has 0 saturated heterocycles. The molecule has 0 saturated carbocycles. The highest BCUT2D eigenvalue weighted by Crippen LogP contribution is 2.26. The number of halogens is 6. The summed E-state index contributed by atoms with van der Waals surface area (Å²) in [6.07, 6.45) is -12.6. The number of nitro groups is 1. The third kappa shape index (κ3) is 7.52. The molecule has 0 fully saturated rings. The van der Waals surface area contributed by atoms with Gasteiger partial charge in [0.2, 0.25) is 0 Å². The first-order valence-corrected chi connectivity index (χ1v) is 8.38. The molecule has 1 N–H and O–H groups in total. The molecule has 164 valence electrons. The van der Waals surface area contributed by atoms with E-state index in [1.807, 2.05) is 0 Å². The van der Waals surface area contributed by atoms with E-state index in [0.29, 0.717) is 5.56 Å². The van der Waals surface area contributed by atoms with Crippen molar-refractivity contribution in [2.24, 2.45) is 0 Å². The zero-order valence-corrected chi connectivity index (χ0v) is 15.2. The summed E-state index contributed by atoms with van der Waals surface area (Å²) in [6, 6.07) is 9.82. The SMILES string of the molecule is O=[N+]([O-])c1cccc(CN(Cc2cccc(OC(F)(F)F)c2)CC(O)C(F)(F)F)c1. The van der Waals surface area contributed by atoms with Crippen LogP contribution in [0.4, 0.5) is 32.0 Å². The zero-order chi connectivity index (χ0) is 22.5. The summed E-state index contributed by atoms with van der Waals surface area (Å²) in [5.74, 6) is -0.549. The first-order valence-electron chi connectivity index (χ1n) is 8.38. The van der Waals surface area contributed by atoms with Crippen LogP contribution in [0.2, 0.25) is 0 Å². The molecular weight excluding hydrogens is 422 g/mol. The first-order chi connectivity index (χ1) is 13.8. The van der Waals surface area contributed by atoms with Crippen molar-refractivity contribution in [1.82, 2.24) is 4.90 Å². The lowest BCUT2D eigenvalue weighted by Gasteiger charge is -2.26. The highest BCUT2D eigenvalue weighted by atomic mass is 19.4. The van der Waals surface area contributed by atoms with Crippen LogP contribution in [0, 0.1) is 10.1 Å². The van der Waals surface area contributed by atoms with E-state index in [-0.39, 0.29) is 24.3 Å². The molecule has 2 aromatic carbocycles. The van der Waals surface area contributed by atoms with Crippen molar-refractivity contribution in [3.05, 3.63) is 69.8 Å². The van der Waals surface area contributed by atoms with Crippen molar-refractivity contribution >= 4 is 5.69 Å². The monoisotopic (exact) mass is 438 g/mol. The number of rotatable bonds is 8. The summed E-state index contributed by atoms with van der Waals surface area (Å²) >= 11 is 0. The molecular formula is C18H16F6N2O4. The van der Waals surface area contributed by atoms with E-state index in [4.69, 9.17) is 0 Å². The maximum atomic E-state index is 12.8. The first kappa shape index (κ1) is 23.4. The average molecular weight is 438 g/mol. The topological polar surface area (TPSA) is 75.8 Å². The lowest BCUT2D eigenvalue weighted by Crippen LogP contribution is -2.40. The van der Waals surface area contributed by atoms with Gasteiger partial charge >= 0.3 is 12.5 Å². The molecule has 0 aliphatic carbocycles. The van der Waals surface area contributed by atoms with Gasteiger partial charge in [-0.15, -0.1) is 13.2 Å². The Morgan fingerprint density at radius 1 is 1.00 bits per heavy atom. The number of non-ortho nitro benzene ring substituents is 1. The highest BCUT2D eigenvalue weighted by Gasteiger charge is 2.39. The Morgan fingerprint density at radius 3 is 2.10 bits per heavy atom. The van der Waals surface area contributed by atoms with E-state index >= 15 is 0 Å². The predicted octanol–water partition coefficient (Wildman–Crippen LogP) is 4.42. The van der Waals surface area contributed by atoms with Crippen LogP contribution in [0.5, 0.6) is 5.75 Å². The third-order valence-corrected chi connectivity index (χ3v) is 3.87. The number of nitro benzene ring substituents is 1. The number of alkyl halides is 6. The van der Waals surface area contributed by atoms with Crippen LogP contribution in [0.1, 0.15) is 11.1 Å². The van der Waals surface area contributed by atoms with E-state index in [1.54, 1.807) is 0 Å². The third-order valence-electron chi connectivity index (χ3n) is 3.87. The van der Waals surface area contributed by atoms with Gasteiger partial charge in [-0.3, -0.25) is 15.0 Å². The molecule has 12 heteroatoms. The minimum atomic E-state index is -4.94. The van der Waals surface area contributed by atoms with Crippen LogP contribution < -0.4 is 4.74 Å². The quantitative estimate of drug-likeness (QED) is 0.375. The Bertz CT molecular complexity index is 872. The van der Waals surface area contributed by atoms with Gasteiger partial charge in [0.25, 0.3) is 5.69 Å². The van der Waals surface area contributed by atoms with Crippen LogP contribution in [0.3, 0.4) is 0 Å². The zero-order valence-electron chi connectivity index (χ0n) is 15.2. The van der Waals surface area contributed by atoms with E-state index < -0.39 is 35.9 Å². The number of ether oxygens (including phenoxy) is 1. The molecule has 0 heterocycles. The van der Waals surface area contributed by atoms with E-state index in [1.165, 1.54) is 30.3 Å². The Balaban J connectivity index is 2.25. The minimum Gasteiger partial charge on any atom is -0.406 e. The summed E-state index contributed by atoms with van der Waals surface area (Å²) in [4.78, 5) is 11.3. The maximum absolute atomic E-state index is 12.8. The van der Waals surface area contributed by atoms with Gasteiger partial charge in [0, 0.05) is 31.8 Å². The van der Waals surface area contributed by atoms with Gasteiger partial charge in [0.05, 0.1) is 4.92 Å². The Morgan fingerprint density at radius 2 is 1.57 bits per heavy atom. The van der Waals surface area contributed by atoms with Gasteiger partial charge in [-0.1, -0.05) is 24.3 Å². The normalized spacial score (nSPS) is 13.3. The second-order valence-electron chi connectivity index (χ2n) is 6.35. The fraction of sp³-hybridized carbons (Fsp3) is 0.333. The van der Waals surface area contributed by atoms with Crippen molar-refractivity contribution in [3.8, 4) is 5.75 Å². The summed E-state index contributed by atoms with van der Waals surface area (Å²) in [5, 5.41) is 20.3. The summed E-state index contributed by atoms with van der Waals surface area (Å²) in [7, 11) is 0. The van der Waals surface area contributed by atoms with Gasteiger partial charge in [-0.05, 0) is 23.3 Å². The molecule has 30 heavy (non-hydrogen) atoms. The van der Waals surface area contributed by atoms with Crippen molar-refractivity contribution < 1.29 is 41.1 Å². The van der Waals surface area contributed by atoms with E-state index in [0.717, 1.165) is 23.1 Å². The largest absolute Gasteiger partial charge is 0.573 e. The fourth-order valence-corrected chi connectivity index (χ4v) is 2.66. The molecule has 6 nitrogen and oxygen atoms in total. The standard InChI is InChI=1S/C18H16F6N2O4/c19-17(20,21)16(27)11-25(9-12-3-1-5-14(7-12)26(28)29)10-13-4-2-6-15(8-13)30-18(22,23)24/h1-8,16,27H,9-11H2. The second kappa shape index (κ2) is 9.30. The van der Waals surface area contributed by atoms with Crippen molar-refractivity contribution in [2.45, 2.75) is 31.7 Å². The van der Waals surface area contributed by atoms with Crippen molar-refractivity contribution in [2.75, 3.05) is 6.54 Å². The van der Waals surface area contributed by atoms with E-state index in [2.05, 4.69) is 4.74 Å².